The van der Waals surface area contributed by atoms with Gasteiger partial charge in [0.05, 0.1) is 12.7 Å². The first kappa shape index (κ1) is 14.9. The maximum Gasteiger partial charge on any atom is 0.336 e. The monoisotopic (exact) mass is 305 g/mol. The van der Waals surface area contributed by atoms with Crippen LogP contribution in [0.5, 0.6) is 5.75 Å². The number of furan rings is 1. The van der Waals surface area contributed by atoms with Crippen LogP contribution in [0.1, 0.15) is 10.4 Å². The van der Waals surface area contributed by atoms with Crippen molar-refractivity contribution in [1.82, 2.24) is 4.98 Å². The van der Waals surface area contributed by atoms with Gasteiger partial charge in [-0.15, -0.1) is 12.4 Å². The number of nitrogens with zero attached hydrogens (tertiary/aromatic N) is 1. The molecule has 0 aliphatic carbocycles. The zero-order valence-electron chi connectivity index (χ0n) is 11.1. The molecule has 0 bridgehead atoms. The number of carbonyl (C=O) groups is 1. The van der Waals surface area contributed by atoms with Gasteiger partial charge in [-0.05, 0) is 30.3 Å². The molecule has 6 heteroatoms. The van der Waals surface area contributed by atoms with Crippen LogP contribution in [-0.4, -0.2) is 23.2 Å². The highest BCUT2D eigenvalue weighted by molar-refractivity contribution is 6.05. The Balaban J connectivity index is 0.00000161. The topological polar surface area (TPSA) is 72.6 Å². The largest absolute Gasteiger partial charge is 0.493 e. The summed E-state index contributed by atoms with van der Waals surface area (Å²) in [5.74, 6) is 0.0828. The summed E-state index contributed by atoms with van der Waals surface area (Å²) in [5, 5.41) is 9.75. The molecule has 0 saturated carbocycles. The van der Waals surface area contributed by atoms with Crippen molar-refractivity contribution in [3.63, 3.8) is 0 Å². The van der Waals surface area contributed by atoms with Gasteiger partial charge in [-0.3, -0.25) is 4.98 Å². The summed E-state index contributed by atoms with van der Waals surface area (Å²) in [4.78, 5) is 15.2. The third-order valence-electron chi connectivity index (χ3n) is 3.06. The molecular formula is C15H12ClNO4. The summed E-state index contributed by atoms with van der Waals surface area (Å²) in [6.45, 7) is 0. The Morgan fingerprint density at radius 2 is 1.95 bits per heavy atom. The van der Waals surface area contributed by atoms with Gasteiger partial charge in [-0.1, -0.05) is 0 Å². The van der Waals surface area contributed by atoms with Crippen LogP contribution < -0.4 is 4.74 Å². The molecule has 108 valence electrons. The van der Waals surface area contributed by atoms with Crippen LogP contribution in [0.3, 0.4) is 0 Å². The number of rotatable bonds is 3. The first-order valence-electron chi connectivity index (χ1n) is 5.95. The van der Waals surface area contributed by atoms with Crippen molar-refractivity contribution in [1.29, 1.82) is 0 Å². The molecule has 1 aromatic carbocycles. The number of fused-ring (bicyclic) bond motifs is 1. The number of hydrogen-bond acceptors (Lipinski definition) is 4. The Kier molecular flexibility index (Phi) is 4.14. The van der Waals surface area contributed by atoms with Gasteiger partial charge in [-0.2, -0.15) is 0 Å². The SMILES string of the molecule is COc1ccc(C(=O)O)c2cc(-c3ccncc3)oc12.Cl. The molecule has 0 aliphatic rings. The van der Waals surface area contributed by atoms with E-state index in [1.54, 1.807) is 36.7 Å². The van der Waals surface area contributed by atoms with E-state index in [0.717, 1.165) is 5.56 Å². The molecule has 0 radical (unpaired) electrons. The van der Waals surface area contributed by atoms with Crippen LogP contribution in [0.4, 0.5) is 0 Å². The molecule has 0 unspecified atom stereocenters. The molecule has 3 rings (SSSR count). The Hall–Kier alpha value is -2.53. The van der Waals surface area contributed by atoms with Crippen molar-refractivity contribution in [3.05, 3.63) is 48.3 Å². The van der Waals surface area contributed by atoms with Crippen molar-refractivity contribution in [2.24, 2.45) is 0 Å². The minimum Gasteiger partial charge on any atom is -0.493 e. The number of aromatic carboxylic acids is 1. The highest BCUT2D eigenvalue weighted by atomic mass is 35.5. The predicted octanol–water partition coefficient (Wildman–Crippen LogP) is 3.62. The van der Waals surface area contributed by atoms with Gasteiger partial charge < -0.3 is 14.3 Å². The first-order valence-corrected chi connectivity index (χ1v) is 5.95. The molecule has 2 aromatic heterocycles. The van der Waals surface area contributed by atoms with E-state index in [0.29, 0.717) is 22.5 Å². The molecule has 0 spiro atoms. The second-order valence-electron chi connectivity index (χ2n) is 4.21. The number of carboxylic acid groups (broad SMARTS) is 1. The lowest BCUT2D eigenvalue weighted by molar-refractivity contribution is 0.0699. The molecule has 2 heterocycles. The lowest BCUT2D eigenvalue weighted by Crippen LogP contribution is -1.97. The fourth-order valence-electron chi connectivity index (χ4n) is 2.10. The van der Waals surface area contributed by atoms with E-state index >= 15 is 0 Å². The Bertz CT molecular complexity index is 783. The molecule has 3 aromatic rings. The van der Waals surface area contributed by atoms with Gasteiger partial charge in [0.15, 0.2) is 11.3 Å². The van der Waals surface area contributed by atoms with Gasteiger partial charge in [0.2, 0.25) is 0 Å². The van der Waals surface area contributed by atoms with Crippen LogP contribution >= 0.6 is 12.4 Å². The zero-order chi connectivity index (χ0) is 14.1. The van der Waals surface area contributed by atoms with Crippen molar-refractivity contribution in [3.8, 4) is 17.1 Å². The Morgan fingerprint density at radius 3 is 2.57 bits per heavy atom. The molecule has 5 nitrogen and oxygen atoms in total. The zero-order valence-corrected chi connectivity index (χ0v) is 11.9. The van der Waals surface area contributed by atoms with E-state index in [1.165, 1.54) is 13.2 Å². The van der Waals surface area contributed by atoms with Crippen LogP contribution in [-0.2, 0) is 0 Å². The third kappa shape index (κ3) is 2.55. The van der Waals surface area contributed by atoms with E-state index in [4.69, 9.17) is 9.15 Å². The molecule has 0 atom stereocenters. The summed E-state index contributed by atoms with van der Waals surface area (Å²) in [5.41, 5.74) is 1.44. The van der Waals surface area contributed by atoms with Crippen molar-refractivity contribution in [2.45, 2.75) is 0 Å². The molecule has 21 heavy (non-hydrogen) atoms. The number of benzene rings is 1. The highest BCUT2D eigenvalue weighted by Crippen LogP contribution is 2.35. The van der Waals surface area contributed by atoms with E-state index < -0.39 is 5.97 Å². The summed E-state index contributed by atoms with van der Waals surface area (Å²) in [6.07, 6.45) is 3.30. The minimum atomic E-state index is -1.00. The fraction of sp³-hybridized carbons (Fsp3) is 0.0667. The average Bonchev–Trinajstić information content (AvgIpc) is 2.91. The third-order valence-corrected chi connectivity index (χ3v) is 3.06. The number of hydrogen-bond donors (Lipinski definition) is 1. The van der Waals surface area contributed by atoms with E-state index in [-0.39, 0.29) is 18.0 Å². The second kappa shape index (κ2) is 5.85. The Labute approximate surface area is 126 Å². The number of halogens is 1. The number of ether oxygens (including phenoxy) is 1. The fourth-order valence-corrected chi connectivity index (χ4v) is 2.10. The van der Waals surface area contributed by atoms with Crippen molar-refractivity contribution in [2.75, 3.05) is 7.11 Å². The second-order valence-corrected chi connectivity index (χ2v) is 4.21. The van der Waals surface area contributed by atoms with Gasteiger partial charge >= 0.3 is 5.97 Å². The summed E-state index contributed by atoms with van der Waals surface area (Å²) >= 11 is 0. The summed E-state index contributed by atoms with van der Waals surface area (Å²) < 4.78 is 11.0. The van der Waals surface area contributed by atoms with Crippen LogP contribution in [0.2, 0.25) is 0 Å². The van der Waals surface area contributed by atoms with Gasteiger partial charge in [0.25, 0.3) is 0 Å². The molecule has 1 N–H and O–H groups in total. The predicted molar refractivity (Wildman–Crippen MR) is 80.2 cm³/mol. The smallest absolute Gasteiger partial charge is 0.336 e. The van der Waals surface area contributed by atoms with Crippen LogP contribution in [0.25, 0.3) is 22.3 Å². The maximum absolute atomic E-state index is 11.3. The number of aromatic nitrogens is 1. The van der Waals surface area contributed by atoms with E-state index in [9.17, 15) is 9.90 Å². The van der Waals surface area contributed by atoms with Crippen molar-refractivity contribution >= 4 is 29.3 Å². The van der Waals surface area contributed by atoms with Gasteiger partial charge in [0, 0.05) is 23.3 Å². The maximum atomic E-state index is 11.3. The normalized spacial score (nSPS) is 10.1. The summed E-state index contributed by atoms with van der Waals surface area (Å²) in [7, 11) is 1.52. The molecule has 0 aliphatic heterocycles. The van der Waals surface area contributed by atoms with Crippen LogP contribution in [0, 0.1) is 0 Å². The number of methoxy groups -OCH3 is 1. The minimum absolute atomic E-state index is 0. The Morgan fingerprint density at radius 1 is 1.24 bits per heavy atom. The number of carboxylic acids is 1. The quantitative estimate of drug-likeness (QED) is 0.800. The molecule has 0 saturated heterocycles. The number of pyridine rings is 1. The van der Waals surface area contributed by atoms with E-state index in [2.05, 4.69) is 4.98 Å². The highest BCUT2D eigenvalue weighted by Gasteiger charge is 2.17. The van der Waals surface area contributed by atoms with Crippen molar-refractivity contribution < 1.29 is 19.1 Å². The molecule has 0 fully saturated rings. The lowest BCUT2D eigenvalue weighted by Gasteiger charge is -2.02. The summed E-state index contributed by atoms with van der Waals surface area (Å²) in [6, 6.07) is 8.40. The van der Waals surface area contributed by atoms with Gasteiger partial charge in [0.1, 0.15) is 5.76 Å². The van der Waals surface area contributed by atoms with Crippen LogP contribution in [0.15, 0.2) is 47.1 Å². The lowest BCUT2D eigenvalue weighted by atomic mass is 10.1. The standard InChI is InChI=1S/C15H11NO4.ClH/c1-19-12-3-2-10(15(17)18)11-8-13(20-14(11)12)9-4-6-16-7-5-9;/h2-8H,1H3,(H,17,18);1H. The van der Waals surface area contributed by atoms with E-state index in [1.807, 2.05) is 0 Å². The molecular weight excluding hydrogens is 294 g/mol. The van der Waals surface area contributed by atoms with Gasteiger partial charge in [-0.25, -0.2) is 4.79 Å². The first-order chi connectivity index (χ1) is 9.70. The average molecular weight is 306 g/mol. The molecule has 0 amide bonds.